The molecule has 0 bridgehead atoms. The van der Waals surface area contributed by atoms with Crippen LogP contribution in [-0.4, -0.2) is 0 Å². The van der Waals surface area contributed by atoms with E-state index in [9.17, 15) is 0 Å². The molecule has 0 saturated carbocycles. The van der Waals surface area contributed by atoms with Crippen LogP contribution in [0.25, 0.3) is 0 Å². The molecule has 1 atom stereocenters. The highest BCUT2D eigenvalue weighted by molar-refractivity contribution is 4.77. The van der Waals surface area contributed by atoms with Gasteiger partial charge in [0, 0.05) is 0 Å². The molecule has 0 aliphatic carbocycles. The normalized spacial score (nSPS) is 15.0. The van der Waals surface area contributed by atoms with Crippen LogP contribution in [0.2, 0.25) is 0 Å². The fourth-order valence-corrected chi connectivity index (χ4v) is 0.829. The van der Waals surface area contributed by atoms with Gasteiger partial charge in [-0.25, -0.2) is 0 Å². The Morgan fingerprint density at radius 1 is 0.889 bits per heavy atom. The molecule has 0 aromatic heterocycles. The Kier molecular flexibility index (Phi) is 3.92. The average molecular weight is 127 g/mol. The van der Waals surface area contributed by atoms with E-state index in [4.69, 9.17) is 0 Å². The predicted octanol–water partition coefficient (Wildman–Crippen LogP) is 3.14. The van der Waals surface area contributed by atoms with E-state index in [0.717, 1.165) is 17.8 Å². The van der Waals surface area contributed by atoms with Crippen molar-refractivity contribution in [3.8, 4) is 0 Å². The van der Waals surface area contributed by atoms with Gasteiger partial charge in [0.1, 0.15) is 0 Å². The van der Waals surface area contributed by atoms with E-state index in [0.29, 0.717) is 0 Å². The van der Waals surface area contributed by atoms with Gasteiger partial charge < -0.3 is 0 Å². The molecule has 0 fully saturated rings. The molecule has 1 radical (unpaired) electrons. The fraction of sp³-hybridized carbons (Fsp3) is 0.889. The standard InChI is InChI=1S/C9H19/c1-7(2)6-9(5)8(3)4/h6-9H,1-5H3. The van der Waals surface area contributed by atoms with Crippen LogP contribution < -0.4 is 0 Å². The number of hydrogen-bond acceptors (Lipinski definition) is 0. The molecule has 0 heteroatoms. The maximum atomic E-state index is 2.41. The van der Waals surface area contributed by atoms with Crippen LogP contribution in [0.4, 0.5) is 0 Å². The zero-order chi connectivity index (χ0) is 7.44. The zero-order valence-corrected chi connectivity index (χ0v) is 7.31. The molecular weight excluding hydrogens is 108 g/mol. The van der Waals surface area contributed by atoms with Crippen LogP contribution in [0.5, 0.6) is 0 Å². The van der Waals surface area contributed by atoms with Gasteiger partial charge in [-0.15, -0.1) is 0 Å². The Labute approximate surface area is 59.7 Å². The molecule has 0 amide bonds. The topological polar surface area (TPSA) is 0 Å². The monoisotopic (exact) mass is 127 g/mol. The van der Waals surface area contributed by atoms with Gasteiger partial charge in [0.2, 0.25) is 0 Å². The highest BCUT2D eigenvalue weighted by Crippen LogP contribution is 2.17. The van der Waals surface area contributed by atoms with Crippen molar-refractivity contribution in [2.75, 3.05) is 0 Å². The molecule has 9 heavy (non-hydrogen) atoms. The van der Waals surface area contributed by atoms with E-state index in [1.54, 1.807) is 0 Å². The smallest absolute Gasteiger partial charge is 0.0329 e. The summed E-state index contributed by atoms with van der Waals surface area (Å²) < 4.78 is 0. The van der Waals surface area contributed by atoms with Gasteiger partial charge in [-0.05, 0) is 24.2 Å². The van der Waals surface area contributed by atoms with Gasteiger partial charge in [-0.3, -0.25) is 0 Å². The zero-order valence-electron chi connectivity index (χ0n) is 7.31. The van der Waals surface area contributed by atoms with Crippen LogP contribution in [0.3, 0.4) is 0 Å². The summed E-state index contributed by atoms with van der Waals surface area (Å²) in [6.07, 6.45) is 2.41. The fourth-order valence-electron chi connectivity index (χ4n) is 0.829. The van der Waals surface area contributed by atoms with Crippen molar-refractivity contribution in [3.63, 3.8) is 0 Å². The van der Waals surface area contributed by atoms with Crippen LogP contribution >= 0.6 is 0 Å². The summed E-state index contributed by atoms with van der Waals surface area (Å²) in [5, 5.41) is 0. The van der Waals surface area contributed by atoms with Crippen molar-refractivity contribution < 1.29 is 0 Å². The van der Waals surface area contributed by atoms with Gasteiger partial charge in [-0.2, -0.15) is 0 Å². The minimum Gasteiger partial charge on any atom is -0.0625 e. The van der Waals surface area contributed by atoms with Crippen molar-refractivity contribution >= 4 is 0 Å². The van der Waals surface area contributed by atoms with Crippen molar-refractivity contribution in [1.29, 1.82) is 0 Å². The third-order valence-electron chi connectivity index (χ3n) is 1.74. The second-order valence-corrected chi connectivity index (χ2v) is 3.54. The molecule has 0 heterocycles. The molecule has 0 N–H and O–H groups in total. The SMILES string of the molecule is CC(C)[CH]C(C)C(C)C. The Hall–Kier alpha value is 0. The molecule has 0 rings (SSSR count). The quantitative estimate of drug-likeness (QED) is 0.546. The van der Waals surface area contributed by atoms with Crippen molar-refractivity contribution in [2.24, 2.45) is 17.8 Å². The van der Waals surface area contributed by atoms with E-state index < -0.39 is 0 Å². The molecule has 0 aromatic carbocycles. The van der Waals surface area contributed by atoms with E-state index in [2.05, 4.69) is 41.0 Å². The lowest BCUT2D eigenvalue weighted by Crippen LogP contribution is -2.07. The minimum atomic E-state index is 0.738. The maximum absolute atomic E-state index is 2.41. The second-order valence-electron chi connectivity index (χ2n) is 3.54. The molecular formula is C9H19. The predicted molar refractivity (Wildman–Crippen MR) is 43.1 cm³/mol. The van der Waals surface area contributed by atoms with Crippen LogP contribution in [0, 0.1) is 24.2 Å². The highest BCUT2D eigenvalue weighted by atomic mass is 14.1. The third-order valence-corrected chi connectivity index (χ3v) is 1.74. The molecule has 1 unspecified atom stereocenters. The summed E-state index contributed by atoms with van der Waals surface area (Å²) in [5.74, 6) is 2.31. The molecule has 0 saturated heterocycles. The van der Waals surface area contributed by atoms with E-state index >= 15 is 0 Å². The molecule has 0 nitrogen and oxygen atoms in total. The van der Waals surface area contributed by atoms with Gasteiger partial charge in [0.15, 0.2) is 0 Å². The summed E-state index contributed by atoms with van der Waals surface area (Å²) in [5.41, 5.74) is 0. The summed E-state index contributed by atoms with van der Waals surface area (Å²) in [6, 6.07) is 0. The lowest BCUT2D eigenvalue weighted by molar-refractivity contribution is 0.436. The number of hydrogen-bond donors (Lipinski definition) is 0. The lowest BCUT2D eigenvalue weighted by Gasteiger charge is -2.16. The maximum Gasteiger partial charge on any atom is -0.0329 e. The van der Waals surface area contributed by atoms with Crippen LogP contribution in [-0.2, 0) is 0 Å². The second kappa shape index (κ2) is 3.92. The Morgan fingerprint density at radius 2 is 1.33 bits per heavy atom. The minimum absolute atomic E-state index is 0.738. The highest BCUT2D eigenvalue weighted by Gasteiger charge is 2.08. The van der Waals surface area contributed by atoms with Gasteiger partial charge in [0.25, 0.3) is 0 Å². The summed E-state index contributed by atoms with van der Waals surface area (Å²) >= 11 is 0. The van der Waals surface area contributed by atoms with E-state index in [1.165, 1.54) is 0 Å². The van der Waals surface area contributed by atoms with Crippen LogP contribution in [0.1, 0.15) is 34.6 Å². The first-order valence-corrected chi connectivity index (χ1v) is 3.89. The summed E-state index contributed by atoms with van der Waals surface area (Å²) in [7, 11) is 0. The van der Waals surface area contributed by atoms with Crippen molar-refractivity contribution in [2.45, 2.75) is 34.6 Å². The molecule has 0 aliphatic heterocycles. The van der Waals surface area contributed by atoms with Gasteiger partial charge in [-0.1, -0.05) is 34.6 Å². The average Bonchev–Trinajstić information content (AvgIpc) is 1.63. The Morgan fingerprint density at radius 3 is 1.44 bits per heavy atom. The first-order valence-electron chi connectivity index (χ1n) is 3.89. The van der Waals surface area contributed by atoms with Gasteiger partial charge >= 0.3 is 0 Å². The number of rotatable bonds is 3. The van der Waals surface area contributed by atoms with Crippen molar-refractivity contribution in [1.82, 2.24) is 0 Å². The lowest BCUT2D eigenvalue weighted by atomic mass is 9.90. The molecule has 0 spiro atoms. The molecule has 55 valence electrons. The molecule has 0 aromatic rings. The largest absolute Gasteiger partial charge is 0.0625 e. The summed E-state index contributed by atoms with van der Waals surface area (Å²) in [6.45, 7) is 11.3. The Bertz CT molecular complexity index is 62.4. The first-order chi connectivity index (χ1) is 4.04. The van der Waals surface area contributed by atoms with Crippen molar-refractivity contribution in [3.05, 3.63) is 6.42 Å². The third kappa shape index (κ3) is 4.50. The summed E-state index contributed by atoms with van der Waals surface area (Å²) in [4.78, 5) is 0. The molecule has 0 aliphatic rings. The van der Waals surface area contributed by atoms with E-state index in [-0.39, 0.29) is 0 Å². The van der Waals surface area contributed by atoms with Gasteiger partial charge in [0.05, 0.1) is 0 Å². The Balaban J connectivity index is 3.38. The first kappa shape index (κ1) is 9.00. The van der Waals surface area contributed by atoms with E-state index in [1.807, 2.05) is 0 Å². The van der Waals surface area contributed by atoms with Crippen LogP contribution in [0.15, 0.2) is 0 Å².